The SMILES string of the molecule is O=C(c1noc2c1CSc1ccccc1-2)N1CCN(c2ccc(F)cc2)CC1. The van der Waals surface area contributed by atoms with Crippen LogP contribution >= 0.6 is 11.8 Å². The minimum absolute atomic E-state index is 0.0799. The van der Waals surface area contributed by atoms with Gasteiger partial charge in [0.25, 0.3) is 5.91 Å². The van der Waals surface area contributed by atoms with E-state index in [1.54, 1.807) is 23.9 Å². The molecule has 3 heterocycles. The van der Waals surface area contributed by atoms with Crippen molar-refractivity contribution in [3.8, 4) is 11.3 Å². The number of carbonyl (C=O) groups excluding carboxylic acids is 1. The van der Waals surface area contributed by atoms with E-state index in [2.05, 4.69) is 16.1 Å². The molecular formula is C21H18FN3O2S. The molecule has 0 atom stereocenters. The summed E-state index contributed by atoms with van der Waals surface area (Å²) in [5.74, 6) is 1.08. The molecule has 0 aliphatic carbocycles. The summed E-state index contributed by atoms with van der Waals surface area (Å²) in [7, 11) is 0. The Kier molecular flexibility index (Phi) is 4.31. The summed E-state index contributed by atoms with van der Waals surface area (Å²) in [6.07, 6.45) is 0. The van der Waals surface area contributed by atoms with Gasteiger partial charge in [-0.2, -0.15) is 0 Å². The fourth-order valence-corrected chi connectivity index (χ4v) is 4.78. The molecule has 1 fully saturated rings. The van der Waals surface area contributed by atoms with E-state index < -0.39 is 0 Å². The van der Waals surface area contributed by atoms with Crippen LogP contribution in [0.2, 0.25) is 0 Å². The fourth-order valence-electron chi connectivity index (χ4n) is 3.72. The second-order valence-corrected chi connectivity index (χ2v) is 7.90. The highest BCUT2D eigenvalue weighted by molar-refractivity contribution is 7.98. The van der Waals surface area contributed by atoms with Gasteiger partial charge in [0.05, 0.1) is 0 Å². The van der Waals surface area contributed by atoms with Crippen LogP contribution in [-0.2, 0) is 5.75 Å². The highest BCUT2D eigenvalue weighted by atomic mass is 32.2. The smallest absolute Gasteiger partial charge is 0.276 e. The lowest BCUT2D eigenvalue weighted by atomic mass is 10.1. The first kappa shape index (κ1) is 17.3. The summed E-state index contributed by atoms with van der Waals surface area (Å²) in [6.45, 7) is 2.60. The quantitative estimate of drug-likeness (QED) is 0.655. The maximum atomic E-state index is 13.1. The van der Waals surface area contributed by atoms with Gasteiger partial charge in [0.1, 0.15) is 5.82 Å². The van der Waals surface area contributed by atoms with Crippen LogP contribution in [0.5, 0.6) is 0 Å². The van der Waals surface area contributed by atoms with E-state index in [0.29, 0.717) is 43.4 Å². The van der Waals surface area contributed by atoms with E-state index in [4.69, 9.17) is 4.52 Å². The molecule has 1 aromatic heterocycles. The number of fused-ring (bicyclic) bond motifs is 3. The van der Waals surface area contributed by atoms with Crippen LogP contribution in [0, 0.1) is 5.82 Å². The Bertz CT molecular complexity index is 1030. The summed E-state index contributed by atoms with van der Waals surface area (Å²) < 4.78 is 18.7. The van der Waals surface area contributed by atoms with Crippen molar-refractivity contribution in [1.82, 2.24) is 10.1 Å². The van der Waals surface area contributed by atoms with Gasteiger partial charge in [-0.25, -0.2) is 4.39 Å². The zero-order valence-electron chi connectivity index (χ0n) is 15.1. The zero-order chi connectivity index (χ0) is 19.1. The summed E-state index contributed by atoms with van der Waals surface area (Å²) in [6, 6.07) is 14.5. The summed E-state index contributed by atoms with van der Waals surface area (Å²) in [5.41, 5.74) is 3.28. The van der Waals surface area contributed by atoms with Crippen molar-refractivity contribution in [1.29, 1.82) is 0 Å². The van der Waals surface area contributed by atoms with Gasteiger partial charge in [-0.1, -0.05) is 17.3 Å². The van der Waals surface area contributed by atoms with Crippen molar-refractivity contribution in [3.63, 3.8) is 0 Å². The number of hydrogen-bond donors (Lipinski definition) is 0. The number of piperazine rings is 1. The van der Waals surface area contributed by atoms with Gasteiger partial charge in [0.15, 0.2) is 11.5 Å². The number of carbonyl (C=O) groups is 1. The molecule has 5 nitrogen and oxygen atoms in total. The average molecular weight is 395 g/mol. The summed E-state index contributed by atoms with van der Waals surface area (Å²) >= 11 is 1.70. The lowest BCUT2D eigenvalue weighted by molar-refractivity contribution is 0.0735. The average Bonchev–Trinajstić information content (AvgIpc) is 3.18. The third-order valence-corrected chi connectivity index (χ3v) is 6.35. The minimum atomic E-state index is -0.243. The van der Waals surface area contributed by atoms with Crippen LogP contribution in [0.3, 0.4) is 0 Å². The Morgan fingerprint density at radius 1 is 1.04 bits per heavy atom. The van der Waals surface area contributed by atoms with Crippen LogP contribution in [0.4, 0.5) is 10.1 Å². The molecule has 2 aliphatic heterocycles. The fraction of sp³-hybridized carbons (Fsp3) is 0.238. The predicted molar refractivity (Wildman–Crippen MR) is 106 cm³/mol. The van der Waals surface area contributed by atoms with E-state index in [1.807, 2.05) is 23.1 Å². The van der Waals surface area contributed by atoms with Crippen LogP contribution in [-0.4, -0.2) is 42.1 Å². The first-order valence-corrected chi connectivity index (χ1v) is 10.2. The van der Waals surface area contributed by atoms with Crippen molar-refractivity contribution >= 4 is 23.4 Å². The number of thioether (sulfide) groups is 1. The third kappa shape index (κ3) is 2.96. The van der Waals surface area contributed by atoms with Gasteiger partial charge >= 0.3 is 0 Å². The van der Waals surface area contributed by atoms with E-state index in [-0.39, 0.29) is 11.7 Å². The molecule has 0 N–H and O–H groups in total. The molecule has 0 saturated carbocycles. The van der Waals surface area contributed by atoms with Gasteiger partial charge < -0.3 is 14.3 Å². The highest BCUT2D eigenvalue weighted by Gasteiger charge is 2.31. The zero-order valence-corrected chi connectivity index (χ0v) is 15.9. The van der Waals surface area contributed by atoms with Crippen LogP contribution < -0.4 is 4.90 Å². The topological polar surface area (TPSA) is 49.6 Å². The van der Waals surface area contributed by atoms with Gasteiger partial charge in [-0.05, 0) is 36.4 Å². The molecule has 1 amide bonds. The lowest BCUT2D eigenvalue weighted by Crippen LogP contribution is -2.49. The van der Waals surface area contributed by atoms with Crippen molar-refractivity contribution in [2.75, 3.05) is 31.1 Å². The number of amides is 1. The highest BCUT2D eigenvalue weighted by Crippen LogP contribution is 2.42. The van der Waals surface area contributed by atoms with E-state index in [0.717, 1.165) is 21.7 Å². The molecule has 0 radical (unpaired) electrons. The third-order valence-electron chi connectivity index (χ3n) is 5.25. The Balaban J connectivity index is 1.32. The Morgan fingerprint density at radius 2 is 1.79 bits per heavy atom. The van der Waals surface area contributed by atoms with Gasteiger partial charge in [0.2, 0.25) is 0 Å². The molecule has 5 rings (SSSR count). The van der Waals surface area contributed by atoms with Gasteiger partial charge in [0, 0.05) is 53.6 Å². The van der Waals surface area contributed by atoms with Crippen LogP contribution in [0.25, 0.3) is 11.3 Å². The van der Waals surface area contributed by atoms with Gasteiger partial charge in [-0.3, -0.25) is 4.79 Å². The molecule has 0 unspecified atom stereocenters. The Morgan fingerprint density at radius 3 is 2.57 bits per heavy atom. The predicted octanol–water partition coefficient (Wildman–Crippen LogP) is 4.05. The maximum absolute atomic E-state index is 13.1. The number of nitrogens with zero attached hydrogens (tertiary/aromatic N) is 3. The standard InChI is InChI=1S/C21H18FN3O2S/c22-14-5-7-15(8-6-14)24-9-11-25(12-10-24)21(26)19-17-13-28-18-4-2-1-3-16(18)20(17)27-23-19/h1-8H,9-13H2. The minimum Gasteiger partial charge on any atom is -0.368 e. The second-order valence-electron chi connectivity index (χ2n) is 6.88. The van der Waals surface area contributed by atoms with Crippen molar-refractivity contribution in [3.05, 3.63) is 65.6 Å². The molecule has 2 aromatic carbocycles. The summed E-state index contributed by atoms with van der Waals surface area (Å²) in [5, 5.41) is 4.12. The van der Waals surface area contributed by atoms with Gasteiger partial charge in [-0.15, -0.1) is 11.8 Å². The van der Waals surface area contributed by atoms with E-state index in [1.165, 1.54) is 12.1 Å². The van der Waals surface area contributed by atoms with Crippen molar-refractivity contribution < 1.29 is 13.7 Å². The number of benzene rings is 2. The van der Waals surface area contributed by atoms with E-state index >= 15 is 0 Å². The summed E-state index contributed by atoms with van der Waals surface area (Å²) in [4.78, 5) is 18.2. The second kappa shape index (κ2) is 6.98. The van der Waals surface area contributed by atoms with Crippen molar-refractivity contribution in [2.24, 2.45) is 0 Å². The largest absolute Gasteiger partial charge is 0.368 e. The number of rotatable bonds is 2. The molecule has 7 heteroatoms. The number of aromatic nitrogens is 1. The number of hydrogen-bond acceptors (Lipinski definition) is 5. The molecule has 0 spiro atoms. The molecule has 3 aromatic rings. The number of anilines is 1. The molecule has 142 valence electrons. The maximum Gasteiger partial charge on any atom is 0.276 e. The monoisotopic (exact) mass is 395 g/mol. The van der Waals surface area contributed by atoms with Crippen LogP contribution in [0.15, 0.2) is 57.9 Å². The Labute approximate surface area is 166 Å². The molecule has 0 bridgehead atoms. The first-order chi connectivity index (χ1) is 13.7. The molecule has 1 saturated heterocycles. The molecule has 28 heavy (non-hydrogen) atoms. The van der Waals surface area contributed by atoms with Crippen molar-refractivity contribution in [2.45, 2.75) is 10.6 Å². The Hall–Kier alpha value is -2.80. The first-order valence-electron chi connectivity index (χ1n) is 9.21. The van der Waals surface area contributed by atoms with Crippen LogP contribution in [0.1, 0.15) is 16.1 Å². The van der Waals surface area contributed by atoms with E-state index in [9.17, 15) is 9.18 Å². The number of halogens is 1. The normalized spacial score (nSPS) is 15.9. The lowest BCUT2D eigenvalue weighted by Gasteiger charge is -2.35. The molecular weight excluding hydrogens is 377 g/mol. The molecule has 2 aliphatic rings.